The van der Waals surface area contributed by atoms with E-state index in [2.05, 4.69) is 5.32 Å². The maximum Gasteiger partial charge on any atom is 0.416 e. The highest BCUT2D eigenvalue weighted by Crippen LogP contribution is 2.50. The van der Waals surface area contributed by atoms with Crippen LogP contribution in [-0.4, -0.2) is 23.5 Å². The maximum absolute atomic E-state index is 13.0. The van der Waals surface area contributed by atoms with Crippen LogP contribution >= 0.6 is 0 Å². The Hall–Kier alpha value is -2.05. The summed E-state index contributed by atoms with van der Waals surface area (Å²) in [5.74, 6) is -1.86. The standard InChI is InChI=1S/C17H20F3NO3/c18-17(19,20)14-7-4-3-6-11(14)12-10-13(12)16(24)21-9-5-1-2-8-15(22)23/h3-4,6-7,12-13H,1-2,5,8-10H2,(H,21,24)(H,22,23). The highest BCUT2D eigenvalue weighted by atomic mass is 19.4. The zero-order chi connectivity index (χ0) is 17.7. The molecule has 1 amide bonds. The summed E-state index contributed by atoms with van der Waals surface area (Å²) in [6, 6.07) is 5.39. The van der Waals surface area contributed by atoms with E-state index in [0.29, 0.717) is 32.2 Å². The molecule has 0 heterocycles. The molecule has 0 radical (unpaired) electrons. The van der Waals surface area contributed by atoms with E-state index in [1.807, 2.05) is 0 Å². The minimum atomic E-state index is -4.41. The van der Waals surface area contributed by atoms with E-state index in [1.165, 1.54) is 12.1 Å². The first-order valence-electron chi connectivity index (χ1n) is 7.96. The highest BCUT2D eigenvalue weighted by molar-refractivity contribution is 5.83. The molecule has 2 unspecified atom stereocenters. The fraction of sp³-hybridized carbons (Fsp3) is 0.529. The molecule has 0 aliphatic heterocycles. The van der Waals surface area contributed by atoms with Gasteiger partial charge >= 0.3 is 12.1 Å². The van der Waals surface area contributed by atoms with Crippen molar-refractivity contribution in [3.8, 4) is 0 Å². The highest BCUT2D eigenvalue weighted by Gasteiger charge is 2.47. The Morgan fingerprint density at radius 1 is 1.17 bits per heavy atom. The van der Waals surface area contributed by atoms with Gasteiger partial charge in [0.1, 0.15) is 0 Å². The number of carboxylic acids is 1. The minimum Gasteiger partial charge on any atom is -0.481 e. The van der Waals surface area contributed by atoms with Crippen LogP contribution in [0.4, 0.5) is 13.2 Å². The van der Waals surface area contributed by atoms with Gasteiger partial charge in [-0.25, -0.2) is 0 Å². The molecule has 2 rings (SSSR count). The first-order valence-corrected chi connectivity index (χ1v) is 7.96. The number of unbranched alkanes of at least 4 members (excludes halogenated alkanes) is 2. The number of rotatable bonds is 8. The average Bonchev–Trinajstić information content (AvgIpc) is 3.30. The van der Waals surface area contributed by atoms with Crippen LogP contribution in [0.2, 0.25) is 0 Å². The monoisotopic (exact) mass is 343 g/mol. The van der Waals surface area contributed by atoms with Crippen LogP contribution in [0.25, 0.3) is 0 Å². The van der Waals surface area contributed by atoms with E-state index in [1.54, 1.807) is 6.07 Å². The molecule has 4 nitrogen and oxygen atoms in total. The van der Waals surface area contributed by atoms with Crippen molar-refractivity contribution < 1.29 is 27.9 Å². The number of benzene rings is 1. The molecule has 0 spiro atoms. The van der Waals surface area contributed by atoms with Gasteiger partial charge in [0.05, 0.1) is 5.56 Å². The number of nitrogens with one attached hydrogen (secondary N) is 1. The van der Waals surface area contributed by atoms with Crippen molar-refractivity contribution in [2.45, 2.75) is 44.2 Å². The predicted molar refractivity (Wildman–Crippen MR) is 81.4 cm³/mol. The average molecular weight is 343 g/mol. The molecule has 1 saturated carbocycles. The summed E-state index contributed by atoms with van der Waals surface area (Å²) in [7, 11) is 0. The van der Waals surface area contributed by atoms with E-state index in [9.17, 15) is 22.8 Å². The first kappa shape index (κ1) is 18.3. The van der Waals surface area contributed by atoms with E-state index < -0.39 is 23.6 Å². The normalized spacial score (nSPS) is 19.8. The molecule has 1 aromatic rings. The van der Waals surface area contributed by atoms with Crippen LogP contribution in [0.5, 0.6) is 0 Å². The second kappa shape index (κ2) is 7.68. The van der Waals surface area contributed by atoms with Gasteiger partial charge in [-0.3, -0.25) is 9.59 Å². The van der Waals surface area contributed by atoms with Gasteiger partial charge in [0.25, 0.3) is 0 Å². The van der Waals surface area contributed by atoms with Gasteiger partial charge in [-0.15, -0.1) is 0 Å². The van der Waals surface area contributed by atoms with Gasteiger partial charge in [-0.05, 0) is 36.8 Å². The maximum atomic E-state index is 13.0. The largest absolute Gasteiger partial charge is 0.481 e. The third-order valence-corrected chi connectivity index (χ3v) is 4.16. The van der Waals surface area contributed by atoms with Crippen LogP contribution in [0.1, 0.15) is 49.1 Å². The minimum absolute atomic E-state index is 0.104. The number of carboxylic acid groups (broad SMARTS) is 1. The molecule has 1 fully saturated rings. The molecule has 2 N–H and O–H groups in total. The smallest absolute Gasteiger partial charge is 0.416 e. The molecule has 7 heteroatoms. The third-order valence-electron chi connectivity index (χ3n) is 4.16. The van der Waals surface area contributed by atoms with Gasteiger partial charge in [-0.2, -0.15) is 13.2 Å². The van der Waals surface area contributed by atoms with Gasteiger partial charge < -0.3 is 10.4 Å². The lowest BCUT2D eigenvalue weighted by Gasteiger charge is -2.12. The zero-order valence-electron chi connectivity index (χ0n) is 13.1. The summed E-state index contributed by atoms with van der Waals surface area (Å²) in [5.41, 5.74) is -0.481. The Kier molecular flexibility index (Phi) is 5.85. The number of carbonyl (C=O) groups excluding carboxylic acids is 1. The molecule has 1 aliphatic rings. The van der Waals surface area contributed by atoms with Crippen molar-refractivity contribution in [2.75, 3.05) is 6.54 Å². The molecule has 132 valence electrons. The quantitative estimate of drug-likeness (QED) is 0.709. The van der Waals surface area contributed by atoms with Crippen LogP contribution < -0.4 is 5.32 Å². The Bertz CT molecular complexity index is 601. The summed E-state index contributed by atoms with van der Waals surface area (Å²) in [4.78, 5) is 22.4. The first-order chi connectivity index (χ1) is 11.3. The van der Waals surface area contributed by atoms with Gasteiger partial charge in [0.15, 0.2) is 0 Å². The van der Waals surface area contributed by atoms with Gasteiger partial charge in [-0.1, -0.05) is 24.6 Å². The second-order valence-electron chi connectivity index (χ2n) is 6.03. The lowest BCUT2D eigenvalue weighted by molar-refractivity contribution is -0.138. The molecule has 0 aromatic heterocycles. The Morgan fingerprint density at radius 3 is 2.54 bits per heavy atom. The second-order valence-corrected chi connectivity index (χ2v) is 6.03. The molecule has 0 saturated heterocycles. The molecular formula is C17H20F3NO3. The van der Waals surface area contributed by atoms with Gasteiger partial charge in [0, 0.05) is 18.9 Å². The lowest BCUT2D eigenvalue weighted by Crippen LogP contribution is -2.26. The number of aliphatic carboxylic acids is 1. The summed E-state index contributed by atoms with van der Waals surface area (Å²) in [5, 5.41) is 11.2. The topological polar surface area (TPSA) is 66.4 Å². The number of amides is 1. The zero-order valence-corrected chi connectivity index (χ0v) is 13.1. The molecule has 0 bridgehead atoms. The molecule has 1 aliphatic carbocycles. The Labute approximate surface area is 138 Å². The van der Waals surface area contributed by atoms with Gasteiger partial charge in [0.2, 0.25) is 5.91 Å². The number of carbonyl (C=O) groups is 2. The van der Waals surface area contributed by atoms with Crippen molar-refractivity contribution in [2.24, 2.45) is 5.92 Å². The summed E-state index contributed by atoms with van der Waals surface area (Å²) < 4.78 is 39.0. The summed E-state index contributed by atoms with van der Waals surface area (Å²) in [6.45, 7) is 0.419. The molecular weight excluding hydrogens is 323 g/mol. The fourth-order valence-corrected chi connectivity index (χ4v) is 2.83. The molecule has 2 atom stereocenters. The number of halogens is 3. The Balaban J connectivity index is 1.79. The van der Waals surface area contributed by atoms with E-state index in [4.69, 9.17) is 5.11 Å². The fourth-order valence-electron chi connectivity index (χ4n) is 2.83. The number of alkyl halides is 3. The lowest BCUT2D eigenvalue weighted by atomic mass is 10.0. The third kappa shape index (κ3) is 4.97. The van der Waals surface area contributed by atoms with Crippen LogP contribution in [0.3, 0.4) is 0 Å². The predicted octanol–water partition coefficient (Wildman–Crippen LogP) is 3.57. The van der Waals surface area contributed by atoms with E-state index in [0.717, 1.165) is 6.07 Å². The van der Waals surface area contributed by atoms with Crippen LogP contribution in [0.15, 0.2) is 24.3 Å². The number of hydrogen-bond donors (Lipinski definition) is 2. The summed E-state index contributed by atoms with van der Waals surface area (Å²) >= 11 is 0. The summed E-state index contributed by atoms with van der Waals surface area (Å²) in [6.07, 6.45) is -1.97. The van der Waals surface area contributed by atoms with Crippen LogP contribution in [-0.2, 0) is 15.8 Å². The van der Waals surface area contributed by atoms with Crippen molar-refractivity contribution in [3.05, 3.63) is 35.4 Å². The van der Waals surface area contributed by atoms with Crippen molar-refractivity contribution in [1.29, 1.82) is 0 Å². The number of hydrogen-bond acceptors (Lipinski definition) is 2. The van der Waals surface area contributed by atoms with Crippen molar-refractivity contribution >= 4 is 11.9 Å². The SMILES string of the molecule is O=C(O)CCCCCNC(=O)C1CC1c1ccccc1C(F)(F)F. The van der Waals surface area contributed by atoms with Crippen LogP contribution in [0, 0.1) is 5.92 Å². The Morgan fingerprint density at radius 2 is 1.88 bits per heavy atom. The van der Waals surface area contributed by atoms with E-state index in [-0.39, 0.29) is 23.8 Å². The van der Waals surface area contributed by atoms with Crippen molar-refractivity contribution in [3.63, 3.8) is 0 Å². The molecule has 1 aromatic carbocycles. The van der Waals surface area contributed by atoms with Crippen molar-refractivity contribution in [1.82, 2.24) is 5.32 Å². The van der Waals surface area contributed by atoms with E-state index >= 15 is 0 Å². The molecule has 24 heavy (non-hydrogen) atoms.